The monoisotopic (exact) mass is 428 g/mol. The highest BCUT2D eigenvalue weighted by Gasteiger charge is 2.16. The van der Waals surface area contributed by atoms with E-state index in [2.05, 4.69) is 51.2 Å². The Hall–Kier alpha value is -2.16. The Kier molecular flexibility index (Phi) is 6.63. The number of carbonyl (C=O) groups is 1. The molecule has 1 aromatic heterocycles. The lowest BCUT2D eigenvalue weighted by Crippen LogP contribution is -2.28. The number of fused-ring (bicyclic) bond motifs is 1. The lowest BCUT2D eigenvalue weighted by atomic mass is 10.0. The van der Waals surface area contributed by atoms with Crippen LogP contribution in [-0.2, 0) is 9.53 Å². The highest BCUT2D eigenvalue weighted by molar-refractivity contribution is 8.01. The van der Waals surface area contributed by atoms with Crippen molar-refractivity contribution in [3.63, 3.8) is 0 Å². The largest absolute Gasteiger partial charge is 0.376 e. The van der Waals surface area contributed by atoms with Crippen molar-refractivity contribution in [2.75, 3.05) is 24.2 Å². The van der Waals surface area contributed by atoms with Crippen LogP contribution in [0.5, 0.6) is 0 Å². The van der Waals surface area contributed by atoms with Crippen molar-refractivity contribution in [1.29, 1.82) is 0 Å². The third-order valence-corrected chi connectivity index (χ3v) is 6.90. The lowest BCUT2D eigenvalue weighted by Gasteiger charge is -2.14. The first-order chi connectivity index (χ1) is 14.2. The van der Waals surface area contributed by atoms with Crippen molar-refractivity contribution in [1.82, 2.24) is 15.5 Å². The molecule has 0 unspecified atom stereocenters. The number of ether oxygens (including phenoxy) is 1. The molecule has 1 aliphatic heterocycles. The van der Waals surface area contributed by atoms with Gasteiger partial charge in [0.2, 0.25) is 11.0 Å². The Morgan fingerprint density at radius 2 is 2.14 bits per heavy atom. The summed E-state index contributed by atoms with van der Waals surface area (Å²) in [7, 11) is 0. The van der Waals surface area contributed by atoms with Crippen molar-refractivity contribution in [2.45, 2.75) is 36.3 Å². The standard InChI is InChI=1S/C21H24N4O2S2/c1-14(16-9-8-15-5-2-3-6-17(15)11-16)23-19(26)13-28-21-25-24-20(29-21)22-12-18-7-4-10-27-18/h2-3,5-6,8-9,11,14,18H,4,7,10,12-13H2,1H3,(H,22,24)(H,23,26)/t14-,18+/m0/s1. The van der Waals surface area contributed by atoms with E-state index in [9.17, 15) is 4.79 Å². The van der Waals surface area contributed by atoms with E-state index in [0.717, 1.165) is 41.0 Å². The van der Waals surface area contributed by atoms with Gasteiger partial charge in [0.1, 0.15) is 0 Å². The molecule has 0 saturated carbocycles. The molecule has 0 spiro atoms. The van der Waals surface area contributed by atoms with E-state index in [1.807, 2.05) is 19.1 Å². The number of benzene rings is 2. The van der Waals surface area contributed by atoms with E-state index in [1.165, 1.54) is 33.9 Å². The van der Waals surface area contributed by atoms with Crippen LogP contribution in [0, 0.1) is 0 Å². The second-order valence-electron chi connectivity index (χ2n) is 7.07. The number of nitrogens with zero attached hydrogens (tertiary/aromatic N) is 2. The molecule has 0 aliphatic carbocycles. The average molecular weight is 429 g/mol. The second kappa shape index (κ2) is 9.56. The van der Waals surface area contributed by atoms with Gasteiger partial charge in [-0.05, 0) is 42.2 Å². The fourth-order valence-electron chi connectivity index (χ4n) is 3.32. The maximum atomic E-state index is 12.4. The van der Waals surface area contributed by atoms with Gasteiger partial charge in [-0.1, -0.05) is 59.5 Å². The van der Waals surface area contributed by atoms with Gasteiger partial charge >= 0.3 is 0 Å². The number of carbonyl (C=O) groups excluding carboxylic acids is 1. The zero-order valence-electron chi connectivity index (χ0n) is 16.3. The molecule has 2 N–H and O–H groups in total. The Morgan fingerprint density at radius 1 is 1.28 bits per heavy atom. The molecule has 1 aliphatic rings. The van der Waals surface area contributed by atoms with Crippen molar-refractivity contribution in [3.05, 3.63) is 48.0 Å². The van der Waals surface area contributed by atoms with Crippen LogP contribution in [0.1, 0.15) is 31.4 Å². The topological polar surface area (TPSA) is 76.1 Å². The van der Waals surface area contributed by atoms with Gasteiger partial charge in [0, 0.05) is 13.2 Å². The third kappa shape index (κ3) is 5.46. The smallest absolute Gasteiger partial charge is 0.230 e. The number of anilines is 1. The summed E-state index contributed by atoms with van der Waals surface area (Å²) in [5, 5.41) is 17.8. The molecule has 1 amide bonds. The minimum absolute atomic E-state index is 0.0141. The molecule has 4 rings (SSSR count). The Morgan fingerprint density at radius 3 is 2.97 bits per heavy atom. The Bertz CT molecular complexity index is 972. The fraction of sp³-hybridized carbons (Fsp3) is 0.381. The molecule has 1 saturated heterocycles. The van der Waals surface area contributed by atoms with E-state index in [4.69, 9.17) is 4.74 Å². The summed E-state index contributed by atoms with van der Waals surface area (Å²) < 4.78 is 6.38. The van der Waals surface area contributed by atoms with Crippen molar-refractivity contribution >= 4 is 44.9 Å². The molecular formula is C21H24N4O2S2. The maximum Gasteiger partial charge on any atom is 0.230 e. The molecule has 2 heterocycles. The summed E-state index contributed by atoms with van der Waals surface area (Å²) in [6.45, 7) is 3.60. The summed E-state index contributed by atoms with van der Waals surface area (Å²) in [6.07, 6.45) is 2.47. The summed E-state index contributed by atoms with van der Waals surface area (Å²) >= 11 is 2.88. The van der Waals surface area contributed by atoms with E-state index in [1.54, 1.807) is 0 Å². The summed E-state index contributed by atoms with van der Waals surface area (Å²) in [4.78, 5) is 12.4. The molecule has 152 valence electrons. The van der Waals surface area contributed by atoms with E-state index in [0.29, 0.717) is 5.75 Å². The molecule has 2 aromatic carbocycles. The zero-order chi connectivity index (χ0) is 20.1. The average Bonchev–Trinajstić information content (AvgIpc) is 3.42. The molecular weight excluding hydrogens is 404 g/mol. The highest BCUT2D eigenvalue weighted by atomic mass is 32.2. The molecule has 29 heavy (non-hydrogen) atoms. The Labute approximate surface area is 178 Å². The molecule has 8 heteroatoms. The van der Waals surface area contributed by atoms with Crippen LogP contribution < -0.4 is 10.6 Å². The maximum absolute atomic E-state index is 12.4. The van der Waals surface area contributed by atoms with E-state index in [-0.39, 0.29) is 18.1 Å². The minimum atomic E-state index is -0.0502. The quantitative estimate of drug-likeness (QED) is 0.523. The molecule has 2 atom stereocenters. The lowest BCUT2D eigenvalue weighted by molar-refractivity contribution is -0.119. The predicted octanol–water partition coefficient (Wildman–Crippen LogP) is 4.25. The van der Waals surface area contributed by atoms with Gasteiger partial charge in [-0.25, -0.2) is 0 Å². The highest BCUT2D eigenvalue weighted by Crippen LogP contribution is 2.26. The minimum Gasteiger partial charge on any atom is -0.376 e. The first kappa shape index (κ1) is 20.1. The van der Waals surface area contributed by atoms with Crippen molar-refractivity contribution in [2.24, 2.45) is 0 Å². The van der Waals surface area contributed by atoms with Crippen LogP contribution in [-0.4, -0.2) is 41.1 Å². The fourth-order valence-corrected chi connectivity index (χ4v) is 4.89. The van der Waals surface area contributed by atoms with Gasteiger partial charge in [0.15, 0.2) is 4.34 Å². The molecule has 0 radical (unpaired) electrons. The number of hydrogen-bond donors (Lipinski definition) is 2. The van der Waals surface area contributed by atoms with Crippen LogP contribution in [0.25, 0.3) is 10.8 Å². The van der Waals surface area contributed by atoms with E-state index < -0.39 is 0 Å². The van der Waals surface area contributed by atoms with Crippen LogP contribution in [0.3, 0.4) is 0 Å². The number of amides is 1. The van der Waals surface area contributed by atoms with Gasteiger partial charge in [-0.2, -0.15) is 0 Å². The first-order valence-corrected chi connectivity index (χ1v) is 11.6. The van der Waals surface area contributed by atoms with Crippen molar-refractivity contribution < 1.29 is 9.53 Å². The molecule has 3 aromatic rings. The van der Waals surface area contributed by atoms with Crippen LogP contribution in [0.2, 0.25) is 0 Å². The summed E-state index contributed by atoms with van der Waals surface area (Å²) in [5.41, 5.74) is 1.10. The normalized spacial score (nSPS) is 17.3. The van der Waals surface area contributed by atoms with Crippen LogP contribution in [0.15, 0.2) is 46.8 Å². The zero-order valence-corrected chi connectivity index (χ0v) is 17.9. The Balaban J connectivity index is 1.25. The number of nitrogens with one attached hydrogen (secondary N) is 2. The molecule has 6 nitrogen and oxygen atoms in total. The SMILES string of the molecule is C[C@H](NC(=O)CSc1nnc(NC[C@H]2CCCO2)s1)c1ccc2ccccc2c1. The van der Waals surface area contributed by atoms with Gasteiger partial charge < -0.3 is 15.4 Å². The van der Waals surface area contributed by atoms with Crippen LogP contribution >= 0.6 is 23.1 Å². The van der Waals surface area contributed by atoms with Crippen LogP contribution in [0.4, 0.5) is 5.13 Å². The first-order valence-electron chi connectivity index (χ1n) is 9.77. The van der Waals surface area contributed by atoms with Gasteiger partial charge in [0.05, 0.1) is 17.9 Å². The number of rotatable bonds is 8. The predicted molar refractivity (Wildman–Crippen MR) is 119 cm³/mol. The number of thioether (sulfide) groups is 1. The summed E-state index contributed by atoms with van der Waals surface area (Å²) in [6, 6.07) is 14.5. The van der Waals surface area contributed by atoms with Gasteiger partial charge in [-0.3, -0.25) is 4.79 Å². The number of hydrogen-bond acceptors (Lipinski definition) is 7. The van der Waals surface area contributed by atoms with Gasteiger partial charge in [-0.15, -0.1) is 10.2 Å². The summed E-state index contributed by atoms with van der Waals surface area (Å²) in [5.74, 6) is 0.304. The van der Waals surface area contributed by atoms with Gasteiger partial charge in [0.25, 0.3) is 0 Å². The molecule has 1 fully saturated rings. The van der Waals surface area contributed by atoms with Crippen molar-refractivity contribution in [3.8, 4) is 0 Å². The number of aromatic nitrogens is 2. The third-order valence-electron chi connectivity index (χ3n) is 4.89. The second-order valence-corrected chi connectivity index (χ2v) is 9.27. The van der Waals surface area contributed by atoms with E-state index >= 15 is 0 Å². The molecule has 0 bridgehead atoms.